The van der Waals surface area contributed by atoms with Gasteiger partial charge in [0.1, 0.15) is 18.4 Å². The fraction of sp³-hybridized carbons (Fsp3) is 0.333. The number of methoxy groups -OCH3 is 1. The summed E-state index contributed by atoms with van der Waals surface area (Å²) in [6.07, 6.45) is 0.0995. The molecule has 2 aromatic carbocycles. The Morgan fingerprint density at radius 2 is 1.67 bits per heavy atom. The third kappa shape index (κ3) is 6.33. The van der Waals surface area contributed by atoms with Crippen LogP contribution in [0.1, 0.15) is 37.4 Å². The fourth-order valence-electron chi connectivity index (χ4n) is 2.56. The maximum atomic E-state index is 12.4. The fourth-order valence-corrected chi connectivity index (χ4v) is 2.56. The number of rotatable bonds is 8. The molecule has 0 aliphatic heterocycles. The molecule has 2 rings (SSSR count). The largest absolute Gasteiger partial charge is 0.497 e. The van der Waals surface area contributed by atoms with Gasteiger partial charge in [0, 0.05) is 0 Å². The first-order valence-electron chi connectivity index (χ1n) is 8.95. The van der Waals surface area contributed by atoms with Crippen LogP contribution in [0, 0.1) is 0 Å². The van der Waals surface area contributed by atoms with Crippen molar-refractivity contribution in [3.63, 3.8) is 0 Å². The highest BCUT2D eigenvalue weighted by molar-refractivity contribution is 5.85. The van der Waals surface area contributed by atoms with E-state index in [2.05, 4.69) is 10.6 Å². The molecule has 0 saturated heterocycles. The number of nitrogens with one attached hydrogen (secondary N) is 2. The number of carbonyl (C=O) groups excluding carboxylic acids is 2. The van der Waals surface area contributed by atoms with Crippen LogP contribution in [0.5, 0.6) is 5.75 Å². The molecule has 2 atom stereocenters. The van der Waals surface area contributed by atoms with Crippen LogP contribution in [0.15, 0.2) is 54.6 Å². The zero-order chi connectivity index (χ0) is 19.6. The van der Waals surface area contributed by atoms with E-state index in [0.717, 1.165) is 23.3 Å². The van der Waals surface area contributed by atoms with Crippen molar-refractivity contribution < 1.29 is 19.1 Å². The summed E-state index contributed by atoms with van der Waals surface area (Å²) in [6, 6.07) is 16.1. The Bertz CT molecular complexity index is 732. The summed E-state index contributed by atoms with van der Waals surface area (Å²) in [4.78, 5) is 24.3. The standard InChI is InChI=1S/C21H26N2O4/c1-4-19(17-10-12-18(26-3)13-11-17)23-20(24)15(2)22-21(25)27-14-16-8-6-5-7-9-16/h5-13,15,19H,4,14H2,1-3H3,(H,22,25)(H,23,24)/t15-,19?/m0/s1. The Hall–Kier alpha value is -3.02. The number of benzene rings is 2. The van der Waals surface area contributed by atoms with Crippen LogP contribution in [-0.2, 0) is 16.1 Å². The average molecular weight is 370 g/mol. The third-order valence-corrected chi connectivity index (χ3v) is 4.18. The van der Waals surface area contributed by atoms with Crippen molar-refractivity contribution in [2.24, 2.45) is 0 Å². The van der Waals surface area contributed by atoms with E-state index in [9.17, 15) is 9.59 Å². The molecule has 0 heterocycles. The Labute approximate surface area is 159 Å². The molecule has 0 spiro atoms. The Morgan fingerprint density at radius 1 is 1.00 bits per heavy atom. The van der Waals surface area contributed by atoms with Crippen LogP contribution in [0.4, 0.5) is 4.79 Å². The predicted molar refractivity (Wildman–Crippen MR) is 103 cm³/mol. The molecular formula is C21H26N2O4. The van der Waals surface area contributed by atoms with Gasteiger partial charge in [0.05, 0.1) is 13.2 Å². The second-order valence-electron chi connectivity index (χ2n) is 6.17. The highest BCUT2D eigenvalue weighted by atomic mass is 16.5. The summed E-state index contributed by atoms with van der Waals surface area (Å²) in [7, 11) is 1.61. The molecule has 0 saturated carbocycles. The minimum atomic E-state index is -0.708. The van der Waals surface area contributed by atoms with Crippen molar-refractivity contribution in [3.8, 4) is 5.75 Å². The predicted octanol–water partition coefficient (Wildman–Crippen LogP) is 3.58. The van der Waals surface area contributed by atoms with Gasteiger partial charge in [0.15, 0.2) is 0 Å². The zero-order valence-corrected chi connectivity index (χ0v) is 15.9. The maximum Gasteiger partial charge on any atom is 0.408 e. The molecule has 6 nitrogen and oxygen atoms in total. The van der Waals surface area contributed by atoms with Crippen LogP contribution in [-0.4, -0.2) is 25.2 Å². The molecule has 144 valence electrons. The zero-order valence-electron chi connectivity index (χ0n) is 15.9. The summed E-state index contributed by atoms with van der Waals surface area (Å²) < 4.78 is 10.3. The number of carbonyl (C=O) groups is 2. The van der Waals surface area contributed by atoms with Crippen LogP contribution >= 0.6 is 0 Å². The van der Waals surface area contributed by atoms with Crippen molar-refractivity contribution in [1.29, 1.82) is 0 Å². The van der Waals surface area contributed by atoms with E-state index in [1.54, 1.807) is 14.0 Å². The minimum absolute atomic E-state index is 0.145. The van der Waals surface area contributed by atoms with Gasteiger partial charge in [0.25, 0.3) is 0 Å². The lowest BCUT2D eigenvalue weighted by Gasteiger charge is -2.21. The lowest BCUT2D eigenvalue weighted by atomic mass is 10.0. The molecule has 1 unspecified atom stereocenters. The second-order valence-corrected chi connectivity index (χ2v) is 6.17. The molecule has 0 aromatic heterocycles. The van der Waals surface area contributed by atoms with E-state index in [4.69, 9.17) is 9.47 Å². The smallest absolute Gasteiger partial charge is 0.408 e. The normalized spacial score (nSPS) is 12.6. The lowest BCUT2D eigenvalue weighted by molar-refractivity contribution is -0.123. The van der Waals surface area contributed by atoms with Crippen molar-refractivity contribution in [2.45, 2.75) is 39.0 Å². The van der Waals surface area contributed by atoms with Gasteiger partial charge in [-0.05, 0) is 36.6 Å². The molecule has 0 aliphatic carbocycles. The number of alkyl carbamates (subject to hydrolysis) is 1. The van der Waals surface area contributed by atoms with Gasteiger partial charge in [-0.3, -0.25) is 4.79 Å². The maximum absolute atomic E-state index is 12.4. The number of ether oxygens (including phenoxy) is 2. The molecular weight excluding hydrogens is 344 g/mol. The SMILES string of the molecule is CCC(NC(=O)[C@H](C)NC(=O)OCc1ccccc1)c1ccc(OC)cc1. The third-order valence-electron chi connectivity index (χ3n) is 4.18. The van der Waals surface area contributed by atoms with Crippen LogP contribution in [0.2, 0.25) is 0 Å². The van der Waals surface area contributed by atoms with E-state index in [-0.39, 0.29) is 18.6 Å². The first kappa shape index (κ1) is 20.3. The lowest BCUT2D eigenvalue weighted by Crippen LogP contribution is -2.45. The highest BCUT2D eigenvalue weighted by Gasteiger charge is 2.20. The molecule has 0 bridgehead atoms. The van der Waals surface area contributed by atoms with Gasteiger partial charge < -0.3 is 20.1 Å². The van der Waals surface area contributed by atoms with Crippen LogP contribution in [0.3, 0.4) is 0 Å². The topological polar surface area (TPSA) is 76.7 Å². The summed E-state index contributed by atoms with van der Waals surface area (Å²) in [6.45, 7) is 3.77. The van der Waals surface area contributed by atoms with E-state index in [1.807, 2.05) is 61.5 Å². The Kier molecular flexibility index (Phi) is 7.67. The van der Waals surface area contributed by atoms with Crippen molar-refractivity contribution in [3.05, 3.63) is 65.7 Å². The quantitative estimate of drug-likeness (QED) is 0.745. The van der Waals surface area contributed by atoms with E-state index >= 15 is 0 Å². The molecule has 0 radical (unpaired) electrons. The van der Waals surface area contributed by atoms with Crippen molar-refractivity contribution >= 4 is 12.0 Å². The Balaban J connectivity index is 1.84. The minimum Gasteiger partial charge on any atom is -0.497 e. The summed E-state index contributed by atoms with van der Waals surface area (Å²) in [5.74, 6) is 0.491. The molecule has 0 fully saturated rings. The first-order valence-corrected chi connectivity index (χ1v) is 8.95. The monoisotopic (exact) mass is 370 g/mol. The first-order chi connectivity index (χ1) is 13.0. The molecule has 2 amide bonds. The van der Waals surface area contributed by atoms with Gasteiger partial charge >= 0.3 is 6.09 Å². The van der Waals surface area contributed by atoms with Gasteiger partial charge in [-0.2, -0.15) is 0 Å². The van der Waals surface area contributed by atoms with Crippen molar-refractivity contribution in [1.82, 2.24) is 10.6 Å². The van der Waals surface area contributed by atoms with E-state index in [0.29, 0.717) is 0 Å². The summed E-state index contributed by atoms with van der Waals surface area (Å²) >= 11 is 0. The van der Waals surface area contributed by atoms with Gasteiger partial charge in [-0.1, -0.05) is 49.4 Å². The summed E-state index contributed by atoms with van der Waals surface area (Å²) in [5.41, 5.74) is 1.86. The highest BCUT2D eigenvalue weighted by Crippen LogP contribution is 2.20. The van der Waals surface area contributed by atoms with Crippen LogP contribution in [0.25, 0.3) is 0 Å². The number of hydrogen-bond donors (Lipinski definition) is 2. The van der Waals surface area contributed by atoms with Crippen molar-refractivity contribution in [2.75, 3.05) is 7.11 Å². The molecule has 2 N–H and O–H groups in total. The van der Waals surface area contributed by atoms with Gasteiger partial charge in [0.2, 0.25) is 5.91 Å². The molecule has 6 heteroatoms. The second kappa shape index (κ2) is 10.2. The van der Waals surface area contributed by atoms with E-state index < -0.39 is 12.1 Å². The van der Waals surface area contributed by atoms with Crippen LogP contribution < -0.4 is 15.4 Å². The Morgan fingerprint density at radius 3 is 2.26 bits per heavy atom. The number of hydrogen-bond acceptors (Lipinski definition) is 4. The van der Waals surface area contributed by atoms with Gasteiger partial charge in [-0.25, -0.2) is 4.79 Å². The summed E-state index contributed by atoms with van der Waals surface area (Å²) in [5, 5.41) is 5.51. The van der Waals surface area contributed by atoms with Gasteiger partial charge in [-0.15, -0.1) is 0 Å². The average Bonchev–Trinajstić information content (AvgIpc) is 2.71. The molecule has 2 aromatic rings. The molecule has 27 heavy (non-hydrogen) atoms. The molecule has 0 aliphatic rings. The number of amides is 2. The van der Waals surface area contributed by atoms with E-state index in [1.165, 1.54) is 0 Å².